The van der Waals surface area contributed by atoms with Gasteiger partial charge in [-0.25, -0.2) is 4.98 Å². The summed E-state index contributed by atoms with van der Waals surface area (Å²) in [6.07, 6.45) is 4.44. The molecule has 0 saturated carbocycles. The zero-order chi connectivity index (χ0) is 26.5. The van der Waals surface area contributed by atoms with E-state index in [1.165, 1.54) is 10.9 Å². The molecule has 7 heteroatoms. The third-order valence-electron chi connectivity index (χ3n) is 7.25. The number of hydrogen-bond acceptors (Lipinski definition) is 5. The summed E-state index contributed by atoms with van der Waals surface area (Å²) >= 11 is 0. The zero-order valence-corrected chi connectivity index (χ0v) is 22.3. The monoisotopic (exact) mass is 502 g/mol. The van der Waals surface area contributed by atoms with Crippen molar-refractivity contribution in [1.29, 1.82) is 0 Å². The van der Waals surface area contributed by atoms with Crippen LogP contribution in [0.4, 0.5) is 5.69 Å². The Labute approximate surface area is 218 Å². The van der Waals surface area contributed by atoms with Crippen LogP contribution in [0.15, 0.2) is 59.7 Å². The van der Waals surface area contributed by atoms with E-state index in [4.69, 9.17) is 0 Å². The second kappa shape index (κ2) is 11.7. The number of piperidine rings is 1. The predicted octanol–water partition coefficient (Wildman–Crippen LogP) is 5.06. The second-order valence-corrected chi connectivity index (χ2v) is 10.9. The van der Waals surface area contributed by atoms with Gasteiger partial charge in [-0.05, 0) is 67.9 Å². The number of benzene rings is 2. The van der Waals surface area contributed by atoms with Gasteiger partial charge in [0.15, 0.2) is 0 Å². The third-order valence-corrected chi connectivity index (χ3v) is 7.25. The van der Waals surface area contributed by atoms with Crippen molar-refractivity contribution in [2.75, 3.05) is 18.0 Å². The summed E-state index contributed by atoms with van der Waals surface area (Å²) in [5.41, 5.74) is 2.37. The molecule has 1 aliphatic heterocycles. The molecule has 1 aliphatic rings. The number of carbonyl (C=O) groups excluding carboxylic acids is 2. The van der Waals surface area contributed by atoms with E-state index in [1.807, 2.05) is 32.0 Å². The highest BCUT2D eigenvalue weighted by atomic mass is 16.2. The van der Waals surface area contributed by atoms with E-state index in [1.54, 1.807) is 25.1 Å². The smallest absolute Gasteiger partial charge is 0.261 e. The Bertz CT molecular complexity index is 1310. The minimum absolute atomic E-state index is 0.00699. The number of amides is 1. The number of rotatable bonds is 9. The maximum atomic E-state index is 13.7. The van der Waals surface area contributed by atoms with Crippen LogP contribution in [0.3, 0.4) is 0 Å². The summed E-state index contributed by atoms with van der Waals surface area (Å²) < 4.78 is 1.44. The minimum atomic E-state index is -0.731. The predicted molar refractivity (Wildman–Crippen MR) is 148 cm³/mol. The van der Waals surface area contributed by atoms with Gasteiger partial charge in [-0.2, -0.15) is 0 Å². The van der Waals surface area contributed by atoms with E-state index >= 15 is 0 Å². The van der Waals surface area contributed by atoms with Crippen LogP contribution in [0.1, 0.15) is 71.0 Å². The number of aromatic nitrogens is 2. The summed E-state index contributed by atoms with van der Waals surface area (Å²) in [4.78, 5) is 46.1. The van der Waals surface area contributed by atoms with E-state index in [2.05, 4.69) is 34.3 Å². The lowest BCUT2D eigenvalue weighted by molar-refractivity contribution is -0.126. The molecule has 1 fully saturated rings. The Morgan fingerprint density at radius 3 is 2.51 bits per heavy atom. The average molecular weight is 503 g/mol. The molecule has 0 aliphatic carbocycles. The summed E-state index contributed by atoms with van der Waals surface area (Å²) in [6.45, 7) is 9.88. The van der Waals surface area contributed by atoms with E-state index in [0.29, 0.717) is 17.3 Å². The lowest BCUT2D eigenvalue weighted by atomic mass is 9.96. The number of para-hydroxylation sites is 1. The van der Waals surface area contributed by atoms with E-state index in [9.17, 15) is 14.4 Å². The molecule has 0 bridgehead atoms. The number of hydrogen-bond donors (Lipinski definition) is 1. The molecule has 2 aromatic carbocycles. The van der Waals surface area contributed by atoms with Crippen LogP contribution in [0.25, 0.3) is 10.9 Å². The molecule has 1 amide bonds. The molecule has 2 atom stereocenters. The van der Waals surface area contributed by atoms with Crippen molar-refractivity contribution in [3.05, 3.63) is 70.8 Å². The van der Waals surface area contributed by atoms with Crippen molar-refractivity contribution >= 4 is 28.3 Å². The van der Waals surface area contributed by atoms with Crippen LogP contribution in [0, 0.1) is 11.8 Å². The Morgan fingerprint density at radius 2 is 1.81 bits per heavy atom. The summed E-state index contributed by atoms with van der Waals surface area (Å²) in [6, 6.07) is 14.1. The summed E-state index contributed by atoms with van der Waals surface area (Å²) in [7, 11) is 0. The fraction of sp³-hybridized carbons (Fsp3) is 0.467. The van der Waals surface area contributed by atoms with Gasteiger partial charge in [-0.15, -0.1) is 0 Å². The number of ketones is 1. The number of nitrogens with zero attached hydrogens (tertiary/aromatic N) is 3. The lowest BCUT2D eigenvalue weighted by Gasteiger charge is -2.33. The van der Waals surface area contributed by atoms with Crippen molar-refractivity contribution in [2.24, 2.45) is 11.8 Å². The Kier molecular flexibility index (Phi) is 8.41. The molecule has 7 nitrogen and oxygen atoms in total. The van der Waals surface area contributed by atoms with Crippen molar-refractivity contribution in [3.63, 3.8) is 0 Å². The topological polar surface area (TPSA) is 84.3 Å². The molecule has 0 spiro atoms. The van der Waals surface area contributed by atoms with E-state index < -0.39 is 12.1 Å². The van der Waals surface area contributed by atoms with Gasteiger partial charge in [0.1, 0.15) is 11.8 Å². The summed E-state index contributed by atoms with van der Waals surface area (Å²) in [5.74, 6) is 0.615. The third kappa shape index (κ3) is 6.45. The van der Waals surface area contributed by atoms with Crippen molar-refractivity contribution < 1.29 is 9.59 Å². The molecule has 37 heavy (non-hydrogen) atoms. The highest BCUT2D eigenvalue weighted by Crippen LogP contribution is 2.28. The number of fused-ring (bicyclic) bond motifs is 1. The first-order chi connectivity index (χ1) is 17.7. The van der Waals surface area contributed by atoms with Gasteiger partial charge in [0, 0.05) is 25.2 Å². The molecule has 0 radical (unpaired) electrons. The highest BCUT2D eigenvalue weighted by molar-refractivity contribution is 5.83. The standard InChI is InChI=1S/C30H38N4O3/c1-20(2)16-28(34-19-31-26-11-6-5-10-25(26)30(34)37)29(36)32-27(17-22(4)35)23-8-7-9-24(18-23)33-14-12-21(3)13-15-33/h5-11,18-21,27-28H,12-17H2,1-4H3,(H,32,36)/t27-,28-/m0/s1. The summed E-state index contributed by atoms with van der Waals surface area (Å²) in [5, 5.41) is 3.60. The Balaban J connectivity index is 1.63. The molecule has 0 unspecified atom stereocenters. The Morgan fingerprint density at radius 1 is 1.08 bits per heavy atom. The fourth-order valence-corrected chi connectivity index (χ4v) is 5.11. The van der Waals surface area contributed by atoms with Gasteiger partial charge in [-0.3, -0.25) is 19.0 Å². The molecular weight excluding hydrogens is 464 g/mol. The minimum Gasteiger partial charge on any atom is -0.372 e. The van der Waals surface area contributed by atoms with Crippen LogP contribution in [-0.2, 0) is 9.59 Å². The lowest BCUT2D eigenvalue weighted by Crippen LogP contribution is -2.40. The highest BCUT2D eigenvalue weighted by Gasteiger charge is 2.27. The molecule has 2 heterocycles. The maximum absolute atomic E-state index is 13.7. The number of anilines is 1. The van der Waals surface area contributed by atoms with Crippen LogP contribution in [-0.4, -0.2) is 34.3 Å². The quantitative estimate of drug-likeness (QED) is 0.442. The molecular formula is C30H38N4O3. The van der Waals surface area contributed by atoms with Gasteiger partial charge >= 0.3 is 0 Å². The molecule has 1 aromatic heterocycles. The van der Waals surface area contributed by atoms with Crippen LogP contribution >= 0.6 is 0 Å². The first kappa shape index (κ1) is 26.6. The second-order valence-electron chi connectivity index (χ2n) is 10.9. The fourth-order valence-electron chi connectivity index (χ4n) is 5.11. The SMILES string of the molecule is CC(=O)C[C@H](NC(=O)[C@H](CC(C)C)n1cnc2ccccc2c1=O)c1cccc(N2CCC(C)CC2)c1. The molecule has 1 saturated heterocycles. The van der Waals surface area contributed by atoms with Crippen molar-refractivity contribution in [1.82, 2.24) is 14.9 Å². The van der Waals surface area contributed by atoms with Gasteiger partial charge in [-0.1, -0.05) is 45.0 Å². The van der Waals surface area contributed by atoms with Crippen LogP contribution in [0.2, 0.25) is 0 Å². The van der Waals surface area contributed by atoms with Gasteiger partial charge in [0.25, 0.3) is 5.56 Å². The van der Waals surface area contributed by atoms with Crippen LogP contribution in [0.5, 0.6) is 0 Å². The van der Waals surface area contributed by atoms with Crippen molar-refractivity contribution in [2.45, 2.75) is 65.5 Å². The number of nitrogens with one attached hydrogen (secondary N) is 1. The maximum Gasteiger partial charge on any atom is 0.261 e. The Hall–Kier alpha value is -3.48. The molecule has 3 aromatic rings. The molecule has 196 valence electrons. The van der Waals surface area contributed by atoms with Crippen molar-refractivity contribution in [3.8, 4) is 0 Å². The zero-order valence-electron chi connectivity index (χ0n) is 22.3. The van der Waals surface area contributed by atoms with Gasteiger partial charge in [0.05, 0.1) is 23.3 Å². The van der Waals surface area contributed by atoms with Gasteiger partial charge < -0.3 is 10.2 Å². The van der Waals surface area contributed by atoms with Crippen LogP contribution < -0.4 is 15.8 Å². The molecule has 4 rings (SSSR count). The number of carbonyl (C=O) groups is 2. The first-order valence-corrected chi connectivity index (χ1v) is 13.3. The average Bonchev–Trinajstić information content (AvgIpc) is 2.87. The normalized spacial score (nSPS) is 16.1. The van der Waals surface area contributed by atoms with Gasteiger partial charge in [0.2, 0.25) is 5.91 Å². The van der Waals surface area contributed by atoms with E-state index in [0.717, 1.165) is 43.1 Å². The molecule has 1 N–H and O–H groups in total. The largest absolute Gasteiger partial charge is 0.372 e. The van der Waals surface area contributed by atoms with E-state index in [-0.39, 0.29) is 29.6 Å². The first-order valence-electron chi connectivity index (χ1n) is 13.3. The number of Topliss-reactive ketones (excluding diaryl/α,β-unsaturated/α-hetero) is 1.